The number of amides is 1. The van der Waals surface area contributed by atoms with Crippen LogP contribution >= 0.6 is 11.6 Å². The van der Waals surface area contributed by atoms with E-state index >= 15 is 0 Å². The molecule has 0 fully saturated rings. The Kier molecular flexibility index (Phi) is 4.84. The first-order valence-electron chi connectivity index (χ1n) is 5.54. The molecule has 0 aromatic heterocycles. The van der Waals surface area contributed by atoms with Gasteiger partial charge in [-0.15, -0.1) is 11.6 Å². The van der Waals surface area contributed by atoms with Crippen LogP contribution in [-0.4, -0.2) is 26.0 Å². The molecule has 1 amide bonds. The van der Waals surface area contributed by atoms with Crippen molar-refractivity contribution in [2.75, 3.05) is 25.4 Å². The van der Waals surface area contributed by atoms with E-state index in [1.807, 2.05) is 0 Å². The molecule has 0 saturated heterocycles. The van der Waals surface area contributed by atoms with Crippen LogP contribution in [0.25, 0.3) is 0 Å². The van der Waals surface area contributed by atoms with E-state index in [1.165, 1.54) is 7.11 Å². The van der Waals surface area contributed by atoms with Crippen molar-refractivity contribution in [2.45, 2.75) is 13.8 Å². The van der Waals surface area contributed by atoms with Gasteiger partial charge in [-0.3, -0.25) is 4.79 Å². The van der Waals surface area contributed by atoms with Gasteiger partial charge >= 0.3 is 0 Å². The average Bonchev–Trinajstić information content (AvgIpc) is 2.38. The predicted molar refractivity (Wildman–Crippen MR) is 72.7 cm³/mol. The molecule has 100 valence electrons. The molecule has 5 heteroatoms. The zero-order valence-corrected chi connectivity index (χ0v) is 11.8. The first-order valence-corrected chi connectivity index (χ1v) is 6.07. The van der Waals surface area contributed by atoms with E-state index < -0.39 is 5.41 Å². The molecule has 1 rings (SSSR count). The third-order valence-electron chi connectivity index (χ3n) is 2.61. The van der Waals surface area contributed by atoms with Crippen LogP contribution in [-0.2, 0) is 4.79 Å². The molecule has 1 aromatic carbocycles. The quantitative estimate of drug-likeness (QED) is 0.838. The molecule has 0 unspecified atom stereocenters. The minimum atomic E-state index is -0.632. The van der Waals surface area contributed by atoms with Gasteiger partial charge in [-0.05, 0) is 26.0 Å². The molecular weight excluding hydrogens is 254 g/mol. The number of hydrogen-bond acceptors (Lipinski definition) is 3. The summed E-state index contributed by atoms with van der Waals surface area (Å²) in [6.07, 6.45) is 0. The van der Waals surface area contributed by atoms with Crippen molar-refractivity contribution in [1.82, 2.24) is 0 Å². The first-order chi connectivity index (χ1) is 8.44. The van der Waals surface area contributed by atoms with Crippen LogP contribution in [0.4, 0.5) is 5.69 Å². The van der Waals surface area contributed by atoms with Crippen molar-refractivity contribution in [2.24, 2.45) is 5.41 Å². The molecule has 0 heterocycles. The molecule has 0 aliphatic carbocycles. The van der Waals surface area contributed by atoms with Crippen LogP contribution in [0, 0.1) is 5.41 Å². The Morgan fingerprint density at radius 2 is 2.00 bits per heavy atom. The lowest BCUT2D eigenvalue weighted by Crippen LogP contribution is -2.32. The number of anilines is 1. The van der Waals surface area contributed by atoms with Crippen LogP contribution in [0.5, 0.6) is 11.5 Å². The Morgan fingerprint density at radius 3 is 2.50 bits per heavy atom. The number of halogens is 1. The lowest BCUT2D eigenvalue weighted by Gasteiger charge is -2.21. The summed E-state index contributed by atoms with van der Waals surface area (Å²) in [5, 5.41) is 2.80. The zero-order chi connectivity index (χ0) is 13.8. The third-order valence-corrected chi connectivity index (χ3v) is 3.27. The van der Waals surface area contributed by atoms with Gasteiger partial charge in [-0.25, -0.2) is 0 Å². The van der Waals surface area contributed by atoms with E-state index in [4.69, 9.17) is 21.1 Å². The summed E-state index contributed by atoms with van der Waals surface area (Å²) in [6, 6.07) is 5.20. The van der Waals surface area contributed by atoms with Crippen LogP contribution in [0.1, 0.15) is 13.8 Å². The van der Waals surface area contributed by atoms with Gasteiger partial charge in [-0.2, -0.15) is 0 Å². The number of methoxy groups -OCH3 is 2. The molecule has 0 aliphatic heterocycles. The summed E-state index contributed by atoms with van der Waals surface area (Å²) in [5.74, 6) is 1.31. The van der Waals surface area contributed by atoms with E-state index in [1.54, 1.807) is 39.2 Å². The standard InChI is InChI=1S/C13H18ClNO3/c1-13(2,8-14)12(16)15-10-6-5-9(17-3)7-11(10)18-4/h5-7H,8H2,1-4H3,(H,15,16). The van der Waals surface area contributed by atoms with Crippen molar-refractivity contribution in [1.29, 1.82) is 0 Å². The minimum Gasteiger partial charge on any atom is -0.497 e. The Morgan fingerprint density at radius 1 is 1.33 bits per heavy atom. The number of nitrogens with one attached hydrogen (secondary N) is 1. The summed E-state index contributed by atoms with van der Waals surface area (Å²) in [6.45, 7) is 3.57. The second-order valence-electron chi connectivity index (χ2n) is 4.54. The van der Waals surface area contributed by atoms with Crippen LogP contribution in [0.15, 0.2) is 18.2 Å². The lowest BCUT2D eigenvalue weighted by atomic mass is 9.95. The van der Waals surface area contributed by atoms with Crippen molar-refractivity contribution in [3.63, 3.8) is 0 Å². The number of carbonyl (C=O) groups is 1. The molecule has 0 saturated carbocycles. The first kappa shape index (κ1) is 14.6. The third kappa shape index (κ3) is 3.29. The maximum atomic E-state index is 12.0. The highest BCUT2D eigenvalue weighted by Crippen LogP contribution is 2.30. The summed E-state index contributed by atoms with van der Waals surface area (Å²) in [4.78, 5) is 12.0. The van der Waals surface area contributed by atoms with Gasteiger partial charge in [0.25, 0.3) is 0 Å². The van der Waals surface area contributed by atoms with Gasteiger partial charge in [0.1, 0.15) is 11.5 Å². The maximum Gasteiger partial charge on any atom is 0.231 e. The Labute approximate surface area is 112 Å². The topological polar surface area (TPSA) is 47.6 Å². The lowest BCUT2D eigenvalue weighted by molar-refractivity contribution is -0.122. The SMILES string of the molecule is COc1ccc(NC(=O)C(C)(C)CCl)c(OC)c1. The van der Waals surface area contributed by atoms with Crippen molar-refractivity contribution < 1.29 is 14.3 Å². The number of benzene rings is 1. The van der Waals surface area contributed by atoms with E-state index in [0.717, 1.165) is 0 Å². The highest BCUT2D eigenvalue weighted by molar-refractivity contribution is 6.20. The fraction of sp³-hybridized carbons (Fsp3) is 0.462. The van der Waals surface area contributed by atoms with E-state index in [0.29, 0.717) is 17.2 Å². The highest BCUT2D eigenvalue weighted by atomic mass is 35.5. The van der Waals surface area contributed by atoms with Crippen LogP contribution < -0.4 is 14.8 Å². The van der Waals surface area contributed by atoms with Gasteiger partial charge < -0.3 is 14.8 Å². The van der Waals surface area contributed by atoms with E-state index in [2.05, 4.69) is 5.32 Å². The van der Waals surface area contributed by atoms with Gasteiger partial charge in [0.15, 0.2) is 0 Å². The van der Waals surface area contributed by atoms with Gasteiger partial charge in [0.2, 0.25) is 5.91 Å². The molecule has 0 spiro atoms. The van der Waals surface area contributed by atoms with Crippen LogP contribution in [0.3, 0.4) is 0 Å². The summed E-state index contributed by atoms with van der Waals surface area (Å²) >= 11 is 5.76. The zero-order valence-electron chi connectivity index (χ0n) is 11.0. The molecule has 1 N–H and O–H groups in total. The summed E-state index contributed by atoms with van der Waals surface area (Å²) < 4.78 is 10.3. The molecule has 4 nitrogen and oxygen atoms in total. The Hall–Kier alpha value is -1.42. The Bertz CT molecular complexity index is 432. The normalized spacial score (nSPS) is 10.9. The van der Waals surface area contributed by atoms with Crippen molar-refractivity contribution >= 4 is 23.2 Å². The molecule has 0 atom stereocenters. The Balaban J connectivity index is 2.94. The molecule has 0 aliphatic rings. The predicted octanol–water partition coefficient (Wildman–Crippen LogP) is 2.91. The second-order valence-corrected chi connectivity index (χ2v) is 4.81. The molecule has 0 bridgehead atoms. The van der Waals surface area contributed by atoms with Crippen molar-refractivity contribution in [3.05, 3.63) is 18.2 Å². The average molecular weight is 272 g/mol. The minimum absolute atomic E-state index is 0.152. The fourth-order valence-electron chi connectivity index (χ4n) is 1.25. The number of hydrogen-bond donors (Lipinski definition) is 1. The van der Waals surface area contributed by atoms with Gasteiger partial charge in [-0.1, -0.05) is 0 Å². The van der Waals surface area contributed by atoms with E-state index in [-0.39, 0.29) is 11.8 Å². The van der Waals surface area contributed by atoms with Gasteiger partial charge in [0.05, 0.1) is 25.3 Å². The fourth-order valence-corrected chi connectivity index (χ4v) is 1.38. The number of carbonyl (C=O) groups excluding carboxylic acids is 1. The number of alkyl halides is 1. The monoisotopic (exact) mass is 271 g/mol. The summed E-state index contributed by atoms with van der Waals surface area (Å²) in [5.41, 5.74) is -0.0338. The maximum absolute atomic E-state index is 12.0. The molecule has 18 heavy (non-hydrogen) atoms. The molecular formula is C13H18ClNO3. The van der Waals surface area contributed by atoms with Crippen LogP contribution in [0.2, 0.25) is 0 Å². The van der Waals surface area contributed by atoms with E-state index in [9.17, 15) is 4.79 Å². The number of rotatable bonds is 5. The number of ether oxygens (including phenoxy) is 2. The summed E-state index contributed by atoms with van der Waals surface area (Å²) in [7, 11) is 3.11. The molecule has 1 aromatic rings. The largest absolute Gasteiger partial charge is 0.497 e. The smallest absolute Gasteiger partial charge is 0.231 e. The second kappa shape index (κ2) is 5.96. The van der Waals surface area contributed by atoms with Crippen molar-refractivity contribution in [3.8, 4) is 11.5 Å². The van der Waals surface area contributed by atoms with Gasteiger partial charge in [0, 0.05) is 11.9 Å². The highest BCUT2D eigenvalue weighted by Gasteiger charge is 2.27. The molecule has 0 radical (unpaired) electrons.